The number of halogens is 2. The van der Waals surface area contributed by atoms with Gasteiger partial charge < -0.3 is 4.42 Å². The third-order valence-electron chi connectivity index (χ3n) is 3.60. The average molecular weight is 393 g/mol. The van der Waals surface area contributed by atoms with Crippen LogP contribution < -0.4 is 0 Å². The van der Waals surface area contributed by atoms with Crippen molar-refractivity contribution in [3.63, 3.8) is 0 Å². The summed E-state index contributed by atoms with van der Waals surface area (Å²) in [5, 5.41) is 1.16. The number of para-hydroxylation sites is 1. The first-order chi connectivity index (χ1) is 10.7. The van der Waals surface area contributed by atoms with Gasteiger partial charge in [0.05, 0.1) is 6.26 Å². The van der Waals surface area contributed by atoms with Gasteiger partial charge in [0, 0.05) is 28.5 Å². The Labute approximate surface area is 151 Å². The van der Waals surface area contributed by atoms with Crippen molar-refractivity contribution in [3.05, 3.63) is 76.5 Å². The maximum Gasteiger partial charge on any atom is 0.138 e. The molecular formula is C19H19BrClNO. The molecule has 0 aliphatic rings. The van der Waals surface area contributed by atoms with E-state index in [9.17, 15) is 0 Å². The van der Waals surface area contributed by atoms with Crippen LogP contribution in [0.2, 0.25) is 0 Å². The van der Waals surface area contributed by atoms with E-state index in [0.717, 1.165) is 28.5 Å². The van der Waals surface area contributed by atoms with Gasteiger partial charge in [-0.05, 0) is 30.8 Å². The molecule has 1 heterocycles. The molecule has 0 atom stereocenters. The first-order valence-corrected chi connectivity index (χ1v) is 8.07. The quantitative estimate of drug-likeness (QED) is 0.548. The molecule has 0 N–H and O–H groups in total. The summed E-state index contributed by atoms with van der Waals surface area (Å²) < 4.78 is 6.69. The van der Waals surface area contributed by atoms with Gasteiger partial charge in [0.1, 0.15) is 5.58 Å². The van der Waals surface area contributed by atoms with E-state index in [4.69, 9.17) is 4.42 Å². The molecule has 4 heteroatoms. The van der Waals surface area contributed by atoms with E-state index in [2.05, 4.69) is 82.5 Å². The zero-order valence-electron chi connectivity index (χ0n) is 12.9. The number of hydrogen-bond acceptors (Lipinski definition) is 2. The van der Waals surface area contributed by atoms with Crippen molar-refractivity contribution in [2.75, 3.05) is 13.6 Å². The van der Waals surface area contributed by atoms with Gasteiger partial charge in [0.15, 0.2) is 0 Å². The molecule has 3 rings (SSSR count). The number of rotatable bonds is 5. The zero-order chi connectivity index (χ0) is 15.4. The fraction of sp³-hybridized carbons (Fsp3) is 0.158. The molecule has 23 heavy (non-hydrogen) atoms. The van der Waals surface area contributed by atoms with Crippen LogP contribution in [0.5, 0.6) is 0 Å². The van der Waals surface area contributed by atoms with Crippen LogP contribution in [0.25, 0.3) is 17.0 Å². The summed E-state index contributed by atoms with van der Waals surface area (Å²) in [6.45, 7) is 1.77. The van der Waals surface area contributed by atoms with E-state index in [1.54, 1.807) is 6.26 Å². The van der Waals surface area contributed by atoms with Gasteiger partial charge in [-0.3, -0.25) is 4.90 Å². The second-order valence-electron chi connectivity index (χ2n) is 5.41. The molecule has 3 aromatic rings. The molecule has 120 valence electrons. The van der Waals surface area contributed by atoms with E-state index in [1.807, 2.05) is 6.07 Å². The third-order valence-corrected chi connectivity index (χ3v) is 4.13. The van der Waals surface area contributed by atoms with Crippen LogP contribution in [0.1, 0.15) is 11.1 Å². The molecule has 0 amide bonds. The molecule has 1 aromatic heterocycles. The third kappa shape index (κ3) is 4.71. The van der Waals surface area contributed by atoms with Crippen molar-refractivity contribution in [3.8, 4) is 0 Å². The van der Waals surface area contributed by atoms with E-state index in [1.165, 1.54) is 11.1 Å². The summed E-state index contributed by atoms with van der Waals surface area (Å²) in [7, 11) is 2.12. The van der Waals surface area contributed by atoms with Crippen LogP contribution >= 0.6 is 28.3 Å². The second kappa shape index (κ2) is 8.34. The number of benzene rings is 2. The Morgan fingerprint density at radius 2 is 1.87 bits per heavy atom. The van der Waals surface area contributed by atoms with Gasteiger partial charge in [-0.2, -0.15) is 0 Å². The highest BCUT2D eigenvalue weighted by Crippen LogP contribution is 2.20. The highest BCUT2D eigenvalue weighted by Gasteiger charge is 2.05. The number of hydrogen-bond donors (Lipinski definition) is 0. The Morgan fingerprint density at radius 3 is 2.65 bits per heavy atom. The van der Waals surface area contributed by atoms with E-state index < -0.39 is 0 Å². The maximum absolute atomic E-state index is 5.59. The fourth-order valence-electron chi connectivity index (χ4n) is 2.48. The number of fused-ring (bicyclic) bond motifs is 1. The molecular weight excluding hydrogens is 374 g/mol. The van der Waals surface area contributed by atoms with Gasteiger partial charge >= 0.3 is 0 Å². The van der Waals surface area contributed by atoms with Crippen LogP contribution in [0.4, 0.5) is 0 Å². The molecule has 0 unspecified atom stereocenters. The van der Waals surface area contributed by atoms with E-state index in [0.29, 0.717) is 0 Å². The van der Waals surface area contributed by atoms with Crippen LogP contribution in [-0.2, 0) is 6.54 Å². The lowest BCUT2D eigenvalue weighted by molar-refractivity contribution is 0.363. The van der Waals surface area contributed by atoms with Gasteiger partial charge in [-0.1, -0.05) is 58.4 Å². The summed E-state index contributed by atoms with van der Waals surface area (Å²) in [6.07, 6.45) is 6.09. The van der Waals surface area contributed by atoms with Crippen LogP contribution in [0, 0.1) is 0 Å². The van der Waals surface area contributed by atoms with Gasteiger partial charge in [0.25, 0.3) is 0 Å². The summed E-state index contributed by atoms with van der Waals surface area (Å²) in [4.78, 5) is 2.27. The Hall–Kier alpha value is -1.55. The first-order valence-electron chi connectivity index (χ1n) is 7.28. The molecule has 0 saturated carbocycles. The van der Waals surface area contributed by atoms with Crippen LogP contribution in [0.15, 0.2) is 69.8 Å². The normalized spacial score (nSPS) is 11.3. The lowest BCUT2D eigenvalue weighted by Gasteiger charge is -2.14. The van der Waals surface area contributed by atoms with E-state index >= 15 is 0 Å². The van der Waals surface area contributed by atoms with Crippen LogP contribution in [-0.4, -0.2) is 18.5 Å². The number of furan rings is 1. The van der Waals surface area contributed by atoms with Gasteiger partial charge in [-0.25, -0.2) is 0 Å². The highest BCUT2D eigenvalue weighted by atomic mass is 79.9. The SMILES string of the molecule is CN(C/C=C/c1ccc(Br)cc1)Cc1cccc2ccoc12.Cl. The second-order valence-corrected chi connectivity index (χ2v) is 6.32. The number of likely N-dealkylation sites (N-methyl/N-ethyl adjacent to an activating group) is 1. The predicted octanol–water partition coefficient (Wildman–Crippen LogP) is 5.76. The maximum atomic E-state index is 5.59. The Balaban J connectivity index is 0.00000192. The molecule has 0 bridgehead atoms. The van der Waals surface area contributed by atoms with Gasteiger partial charge in [-0.15, -0.1) is 12.4 Å². The minimum Gasteiger partial charge on any atom is -0.464 e. The Morgan fingerprint density at radius 1 is 1.09 bits per heavy atom. The minimum absolute atomic E-state index is 0. The molecule has 0 fully saturated rings. The highest BCUT2D eigenvalue weighted by molar-refractivity contribution is 9.10. The Kier molecular flexibility index (Phi) is 6.46. The largest absolute Gasteiger partial charge is 0.464 e. The topological polar surface area (TPSA) is 16.4 Å². The first kappa shape index (κ1) is 17.8. The molecule has 0 saturated heterocycles. The van der Waals surface area contributed by atoms with Crippen molar-refractivity contribution < 1.29 is 4.42 Å². The summed E-state index contributed by atoms with van der Waals surface area (Å²) in [5.41, 5.74) is 3.43. The van der Waals surface area contributed by atoms with Crippen molar-refractivity contribution in [2.24, 2.45) is 0 Å². The van der Waals surface area contributed by atoms with Gasteiger partial charge in [0.2, 0.25) is 0 Å². The summed E-state index contributed by atoms with van der Waals surface area (Å²) in [5.74, 6) is 0. The molecule has 0 radical (unpaired) electrons. The average Bonchev–Trinajstić information content (AvgIpc) is 2.99. The molecule has 0 spiro atoms. The number of nitrogens with zero attached hydrogens (tertiary/aromatic N) is 1. The predicted molar refractivity (Wildman–Crippen MR) is 103 cm³/mol. The van der Waals surface area contributed by atoms with Crippen LogP contribution in [0.3, 0.4) is 0 Å². The lowest BCUT2D eigenvalue weighted by Crippen LogP contribution is -2.17. The standard InChI is InChI=1S/C19H18BrNO.ClH/c1-21(12-3-4-15-7-9-18(20)10-8-15)14-17-6-2-5-16-11-13-22-19(16)17;/h2-11,13H,12,14H2,1H3;1H/b4-3+;. The minimum atomic E-state index is 0. The molecule has 2 aromatic carbocycles. The fourth-order valence-corrected chi connectivity index (χ4v) is 2.74. The zero-order valence-corrected chi connectivity index (χ0v) is 15.3. The smallest absolute Gasteiger partial charge is 0.138 e. The van der Waals surface area contributed by atoms with Crippen molar-refractivity contribution >= 4 is 45.4 Å². The summed E-state index contributed by atoms with van der Waals surface area (Å²) >= 11 is 3.45. The van der Waals surface area contributed by atoms with Crippen molar-refractivity contribution in [1.29, 1.82) is 0 Å². The monoisotopic (exact) mass is 391 g/mol. The molecule has 0 aliphatic heterocycles. The van der Waals surface area contributed by atoms with E-state index in [-0.39, 0.29) is 12.4 Å². The Bertz CT molecular complexity index is 779. The lowest BCUT2D eigenvalue weighted by atomic mass is 10.1. The van der Waals surface area contributed by atoms with Crippen molar-refractivity contribution in [1.82, 2.24) is 4.90 Å². The van der Waals surface area contributed by atoms with Crippen molar-refractivity contribution in [2.45, 2.75) is 6.54 Å². The summed E-state index contributed by atoms with van der Waals surface area (Å²) in [6, 6.07) is 16.6. The molecule has 0 aliphatic carbocycles. The molecule has 2 nitrogen and oxygen atoms in total.